The SMILES string of the molecule is O=S(=O)(NCc1nc2ccccc2s1)c1ccc(F)c(Cl)c1. The Balaban J connectivity index is 1.80. The maximum absolute atomic E-state index is 13.1. The van der Waals surface area contributed by atoms with Gasteiger partial charge in [0.1, 0.15) is 10.8 Å². The molecule has 0 atom stereocenters. The number of halogens is 2. The fourth-order valence-electron chi connectivity index (χ4n) is 1.88. The molecule has 0 radical (unpaired) electrons. The maximum atomic E-state index is 13.1. The van der Waals surface area contributed by atoms with Gasteiger partial charge in [-0.15, -0.1) is 11.3 Å². The summed E-state index contributed by atoms with van der Waals surface area (Å²) in [6.45, 7) is 0.0661. The highest BCUT2D eigenvalue weighted by Crippen LogP contribution is 2.23. The predicted octanol–water partition coefficient (Wildman–Crippen LogP) is 3.57. The van der Waals surface area contributed by atoms with Gasteiger partial charge in [0, 0.05) is 0 Å². The van der Waals surface area contributed by atoms with Crippen LogP contribution >= 0.6 is 22.9 Å². The normalized spacial score (nSPS) is 11.9. The third kappa shape index (κ3) is 3.12. The topological polar surface area (TPSA) is 59.1 Å². The number of benzene rings is 2. The molecule has 114 valence electrons. The summed E-state index contributed by atoms with van der Waals surface area (Å²) in [4.78, 5) is 4.26. The molecular weight excluding hydrogens is 347 g/mol. The molecule has 0 aliphatic heterocycles. The lowest BCUT2D eigenvalue weighted by molar-refractivity contribution is 0.580. The molecule has 8 heteroatoms. The summed E-state index contributed by atoms with van der Waals surface area (Å²) in [6.07, 6.45) is 0. The molecule has 1 N–H and O–H groups in total. The van der Waals surface area contributed by atoms with E-state index in [1.807, 2.05) is 24.3 Å². The molecule has 3 aromatic rings. The average Bonchev–Trinajstić information content (AvgIpc) is 2.91. The molecule has 22 heavy (non-hydrogen) atoms. The van der Waals surface area contributed by atoms with Gasteiger partial charge >= 0.3 is 0 Å². The van der Waals surface area contributed by atoms with E-state index >= 15 is 0 Å². The lowest BCUT2D eigenvalue weighted by atomic mass is 10.3. The Hall–Kier alpha value is -1.54. The van der Waals surface area contributed by atoms with Crippen molar-refractivity contribution in [1.82, 2.24) is 9.71 Å². The minimum absolute atomic E-state index is 0.0661. The van der Waals surface area contributed by atoms with Crippen molar-refractivity contribution in [3.05, 3.63) is 58.3 Å². The summed E-state index contributed by atoms with van der Waals surface area (Å²) < 4.78 is 40.9. The van der Waals surface area contributed by atoms with E-state index in [-0.39, 0.29) is 16.5 Å². The molecule has 1 heterocycles. The Bertz CT molecular complexity index is 908. The van der Waals surface area contributed by atoms with Crippen LogP contribution in [0.4, 0.5) is 4.39 Å². The van der Waals surface area contributed by atoms with Crippen molar-refractivity contribution in [3.63, 3.8) is 0 Å². The number of nitrogens with zero attached hydrogens (tertiary/aromatic N) is 1. The van der Waals surface area contributed by atoms with Crippen LogP contribution in [0.2, 0.25) is 5.02 Å². The smallest absolute Gasteiger partial charge is 0.240 e. The monoisotopic (exact) mass is 356 g/mol. The van der Waals surface area contributed by atoms with Crippen LogP contribution in [0.15, 0.2) is 47.4 Å². The van der Waals surface area contributed by atoms with Crippen LogP contribution in [-0.4, -0.2) is 13.4 Å². The van der Waals surface area contributed by atoms with E-state index in [2.05, 4.69) is 9.71 Å². The standard InChI is InChI=1S/C14H10ClFN2O2S2/c15-10-7-9(5-6-11(10)16)22(19,20)17-8-14-18-12-3-1-2-4-13(12)21-14/h1-7,17H,8H2. The lowest BCUT2D eigenvalue weighted by Crippen LogP contribution is -2.23. The number of hydrogen-bond donors (Lipinski definition) is 1. The van der Waals surface area contributed by atoms with E-state index in [0.29, 0.717) is 5.01 Å². The minimum Gasteiger partial charge on any atom is -0.240 e. The highest BCUT2D eigenvalue weighted by atomic mass is 35.5. The lowest BCUT2D eigenvalue weighted by Gasteiger charge is -2.05. The van der Waals surface area contributed by atoms with Gasteiger partial charge in [-0.25, -0.2) is 22.5 Å². The molecule has 0 spiro atoms. The van der Waals surface area contributed by atoms with Crippen LogP contribution in [-0.2, 0) is 16.6 Å². The molecule has 0 bridgehead atoms. The van der Waals surface area contributed by atoms with Gasteiger partial charge < -0.3 is 0 Å². The molecule has 4 nitrogen and oxygen atoms in total. The van der Waals surface area contributed by atoms with E-state index < -0.39 is 15.8 Å². The molecule has 0 aliphatic rings. The van der Waals surface area contributed by atoms with Gasteiger partial charge in [-0.3, -0.25) is 0 Å². The Labute approximate surface area is 135 Å². The van der Waals surface area contributed by atoms with E-state index in [1.165, 1.54) is 17.4 Å². The Morgan fingerprint density at radius 2 is 2.00 bits per heavy atom. The van der Waals surface area contributed by atoms with Gasteiger partial charge in [-0.05, 0) is 30.3 Å². The first-order chi connectivity index (χ1) is 10.5. The van der Waals surface area contributed by atoms with Gasteiger partial charge in [0.15, 0.2) is 0 Å². The average molecular weight is 357 g/mol. The zero-order valence-electron chi connectivity index (χ0n) is 11.1. The molecule has 0 fully saturated rings. The van der Waals surface area contributed by atoms with Crippen molar-refractivity contribution in [1.29, 1.82) is 0 Å². The van der Waals surface area contributed by atoms with Crippen LogP contribution in [0.25, 0.3) is 10.2 Å². The fraction of sp³-hybridized carbons (Fsp3) is 0.0714. The Kier molecular flexibility index (Phi) is 4.14. The minimum atomic E-state index is -3.77. The van der Waals surface area contributed by atoms with Crippen LogP contribution < -0.4 is 4.72 Å². The largest absolute Gasteiger partial charge is 0.241 e. The van der Waals surface area contributed by atoms with Crippen LogP contribution in [0.5, 0.6) is 0 Å². The summed E-state index contributed by atoms with van der Waals surface area (Å²) in [5.41, 5.74) is 0.825. The van der Waals surface area contributed by atoms with Crippen molar-refractivity contribution in [2.75, 3.05) is 0 Å². The van der Waals surface area contributed by atoms with Crippen LogP contribution in [0, 0.1) is 5.82 Å². The van der Waals surface area contributed by atoms with Gasteiger partial charge in [0.25, 0.3) is 0 Å². The number of nitrogens with one attached hydrogen (secondary N) is 1. The zero-order chi connectivity index (χ0) is 15.7. The second kappa shape index (κ2) is 5.92. The quantitative estimate of drug-likeness (QED) is 0.777. The summed E-state index contributed by atoms with van der Waals surface area (Å²) in [5, 5.41) is 0.417. The molecule has 0 saturated carbocycles. The van der Waals surface area contributed by atoms with Crippen molar-refractivity contribution >= 4 is 43.2 Å². The summed E-state index contributed by atoms with van der Waals surface area (Å²) in [6, 6.07) is 10.8. The first-order valence-corrected chi connectivity index (χ1v) is 8.93. The van der Waals surface area contributed by atoms with Crippen molar-refractivity contribution in [2.24, 2.45) is 0 Å². The van der Waals surface area contributed by atoms with Gasteiger partial charge in [0.2, 0.25) is 10.0 Å². The molecule has 2 aromatic carbocycles. The first-order valence-electron chi connectivity index (χ1n) is 6.25. The number of hydrogen-bond acceptors (Lipinski definition) is 4. The van der Waals surface area contributed by atoms with Crippen molar-refractivity contribution in [3.8, 4) is 0 Å². The number of sulfonamides is 1. The van der Waals surface area contributed by atoms with E-state index in [0.717, 1.165) is 22.3 Å². The Morgan fingerprint density at radius 3 is 2.73 bits per heavy atom. The Morgan fingerprint density at radius 1 is 1.23 bits per heavy atom. The number of fused-ring (bicyclic) bond motifs is 1. The predicted molar refractivity (Wildman–Crippen MR) is 85.1 cm³/mol. The number of thiazole rings is 1. The van der Waals surface area contributed by atoms with Gasteiger partial charge in [0.05, 0.1) is 26.7 Å². The third-order valence-electron chi connectivity index (χ3n) is 2.95. The van der Waals surface area contributed by atoms with Gasteiger partial charge in [-0.2, -0.15) is 0 Å². The fourth-order valence-corrected chi connectivity index (χ4v) is 4.14. The second-order valence-electron chi connectivity index (χ2n) is 4.48. The van der Waals surface area contributed by atoms with E-state index in [4.69, 9.17) is 11.6 Å². The molecule has 0 saturated heterocycles. The van der Waals surface area contributed by atoms with Crippen LogP contribution in [0.3, 0.4) is 0 Å². The van der Waals surface area contributed by atoms with Crippen molar-refractivity contribution < 1.29 is 12.8 Å². The first kappa shape index (κ1) is 15.4. The number of aromatic nitrogens is 1. The highest BCUT2D eigenvalue weighted by Gasteiger charge is 2.16. The molecule has 0 amide bonds. The molecule has 3 rings (SSSR count). The summed E-state index contributed by atoms with van der Waals surface area (Å²) in [7, 11) is -3.77. The van der Waals surface area contributed by atoms with Crippen molar-refractivity contribution in [2.45, 2.75) is 11.4 Å². The highest BCUT2D eigenvalue weighted by molar-refractivity contribution is 7.89. The molecule has 0 unspecified atom stereocenters. The maximum Gasteiger partial charge on any atom is 0.241 e. The number of rotatable bonds is 4. The summed E-state index contributed by atoms with van der Waals surface area (Å²) in [5.74, 6) is -0.660. The zero-order valence-corrected chi connectivity index (χ0v) is 13.5. The summed E-state index contributed by atoms with van der Waals surface area (Å²) >= 11 is 7.03. The molecule has 1 aromatic heterocycles. The van der Waals surface area contributed by atoms with Crippen LogP contribution in [0.1, 0.15) is 5.01 Å². The van der Waals surface area contributed by atoms with E-state index in [9.17, 15) is 12.8 Å². The van der Waals surface area contributed by atoms with Gasteiger partial charge in [-0.1, -0.05) is 23.7 Å². The van der Waals surface area contributed by atoms with E-state index in [1.54, 1.807) is 0 Å². The molecule has 0 aliphatic carbocycles. The third-order valence-corrected chi connectivity index (χ3v) is 5.68. The number of para-hydroxylation sites is 1. The second-order valence-corrected chi connectivity index (χ2v) is 7.77. The molecular formula is C14H10ClFN2O2S2.